The molecule has 1 aromatic carbocycles. The van der Waals surface area contributed by atoms with E-state index >= 15 is 0 Å². The molecule has 1 aliphatic rings. The van der Waals surface area contributed by atoms with E-state index in [1.165, 1.54) is 37.1 Å². The number of benzene rings is 1. The third-order valence-corrected chi connectivity index (χ3v) is 4.67. The van der Waals surface area contributed by atoms with E-state index in [1.807, 2.05) is 0 Å². The second kappa shape index (κ2) is 6.58. The predicted octanol–water partition coefficient (Wildman–Crippen LogP) is 3.61. The Morgan fingerprint density at radius 2 is 2.06 bits per heavy atom. The summed E-state index contributed by atoms with van der Waals surface area (Å²) in [6, 6.07) is 6.44. The summed E-state index contributed by atoms with van der Waals surface area (Å²) >= 11 is 3.59. The number of nitrogens with zero attached hydrogens (tertiary/aromatic N) is 1. The lowest BCUT2D eigenvalue weighted by molar-refractivity contribution is 0.185. The normalized spacial score (nSPS) is 17.9. The van der Waals surface area contributed by atoms with Gasteiger partial charge in [-0.15, -0.1) is 0 Å². The molecule has 0 spiro atoms. The summed E-state index contributed by atoms with van der Waals surface area (Å²) in [5.74, 6) is 1.88. The number of piperidine rings is 1. The summed E-state index contributed by atoms with van der Waals surface area (Å²) in [6.45, 7) is 5.56. The smallest absolute Gasteiger partial charge is 0.123 e. The van der Waals surface area contributed by atoms with Crippen LogP contribution in [0.5, 0.6) is 5.75 Å². The van der Waals surface area contributed by atoms with E-state index < -0.39 is 0 Å². The highest BCUT2D eigenvalue weighted by Gasteiger charge is 2.19. The number of hydrogen-bond acceptors (Lipinski definition) is 2. The summed E-state index contributed by atoms with van der Waals surface area (Å²) in [5, 5.41) is 1.15. The minimum absolute atomic E-state index is 0.862. The van der Waals surface area contributed by atoms with Crippen molar-refractivity contribution in [2.45, 2.75) is 26.3 Å². The summed E-state index contributed by atoms with van der Waals surface area (Å²) in [4.78, 5) is 2.54. The van der Waals surface area contributed by atoms with Gasteiger partial charge in [0.2, 0.25) is 0 Å². The van der Waals surface area contributed by atoms with Gasteiger partial charge >= 0.3 is 0 Å². The second-order valence-electron chi connectivity index (χ2n) is 5.19. The molecule has 0 unspecified atom stereocenters. The second-order valence-corrected chi connectivity index (χ2v) is 5.84. The minimum atomic E-state index is 0.862. The average molecular weight is 312 g/mol. The maximum Gasteiger partial charge on any atom is 0.123 e. The van der Waals surface area contributed by atoms with Crippen LogP contribution >= 0.6 is 15.9 Å². The van der Waals surface area contributed by atoms with Crippen molar-refractivity contribution in [2.75, 3.05) is 25.5 Å². The van der Waals surface area contributed by atoms with Gasteiger partial charge in [0, 0.05) is 17.4 Å². The molecule has 0 radical (unpaired) electrons. The summed E-state index contributed by atoms with van der Waals surface area (Å²) in [5.41, 5.74) is 2.62. The highest BCUT2D eigenvalue weighted by atomic mass is 79.9. The molecule has 1 aromatic rings. The molecule has 1 heterocycles. The lowest BCUT2D eigenvalue weighted by Crippen LogP contribution is -2.33. The topological polar surface area (TPSA) is 12.5 Å². The molecule has 3 heteroatoms. The summed E-state index contributed by atoms with van der Waals surface area (Å²) < 4.78 is 5.45. The zero-order chi connectivity index (χ0) is 13.0. The first-order valence-electron chi connectivity index (χ1n) is 6.64. The lowest BCUT2D eigenvalue weighted by atomic mass is 9.98. The van der Waals surface area contributed by atoms with Gasteiger partial charge in [-0.2, -0.15) is 0 Å². The van der Waals surface area contributed by atoms with Crippen LogP contribution in [-0.2, 0) is 6.54 Å². The van der Waals surface area contributed by atoms with Crippen LogP contribution in [0.2, 0.25) is 0 Å². The molecule has 0 atom stereocenters. The third kappa shape index (κ3) is 3.48. The number of aryl methyl sites for hydroxylation is 1. The predicted molar refractivity (Wildman–Crippen MR) is 79.5 cm³/mol. The molecule has 2 rings (SSSR count). The minimum Gasteiger partial charge on any atom is -0.496 e. The molecule has 0 N–H and O–H groups in total. The van der Waals surface area contributed by atoms with E-state index in [0.29, 0.717) is 0 Å². The molecule has 18 heavy (non-hydrogen) atoms. The van der Waals surface area contributed by atoms with Crippen LogP contribution in [0.3, 0.4) is 0 Å². The molecule has 2 nitrogen and oxygen atoms in total. The van der Waals surface area contributed by atoms with E-state index in [9.17, 15) is 0 Å². The van der Waals surface area contributed by atoms with Gasteiger partial charge in [-0.1, -0.05) is 33.6 Å². The Balaban J connectivity index is 1.99. The monoisotopic (exact) mass is 311 g/mol. The van der Waals surface area contributed by atoms with Gasteiger partial charge in [0.05, 0.1) is 7.11 Å². The highest BCUT2D eigenvalue weighted by Crippen LogP contribution is 2.25. The molecule has 0 bridgehead atoms. The molecule has 1 aliphatic heterocycles. The number of alkyl halides is 1. The number of rotatable bonds is 4. The molecular weight excluding hydrogens is 290 g/mol. The van der Waals surface area contributed by atoms with E-state index in [0.717, 1.165) is 23.5 Å². The van der Waals surface area contributed by atoms with E-state index in [1.54, 1.807) is 7.11 Å². The average Bonchev–Trinajstić information content (AvgIpc) is 2.40. The van der Waals surface area contributed by atoms with Crippen LogP contribution in [0.1, 0.15) is 24.0 Å². The van der Waals surface area contributed by atoms with Gasteiger partial charge in [-0.25, -0.2) is 0 Å². The van der Waals surface area contributed by atoms with Crippen LogP contribution in [0.4, 0.5) is 0 Å². The lowest BCUT2D eigenvalue weighted by Gasteiger charge is -2.31. The van der Waals surface area contributed by atoms with Gasteiger partial charge < -0.3 is 4.74 Å². The van der Waals surface area contributed by atoms with Crippen LogP contribution in [0, 0.1) is 12.8 Å². The Morgan fingerprint density at radius 3 is 2.67 bits per heavy atom. The fourth-order valence-electron chi connectivity index (χ4n) is 2.57. The van der Waals surface area contributed by atoms with Gasteiger partial charge in [0.25, 0.3) is 0 Å². The Kier molecular flexibility index (Phi) is 5.07. The van der Waals surface area contributed by atoms with Gasteiger partial charge in [-0.3, -0.25) is 4.90 Å². The van der Waals surface area contributed by atoms with E-state index in [2.05, 4.69) is 46.0 Å². The fourth-order valence-corrected chi connectivity index (χ4v) is 3.22. The Morgan fingerprint density at radius 1 is 1.33 bits per heavy atom. The maximum absolute atomic E-state index is 5.45. The molecule has 0 saturated carbocycles. The SMILES string of the molecule is COc1ccc(C)cc1CN1CCC(CBr)CC1. The molecular formula is C15H22BrNO. The van der Waals surface area contributed by atoms with Crippen molar-refractivity contribution in [1.82, 2.24) is 4.90 Å². The standard InChI is InChI=1S/C15H22BrNO/c1-12-3-4-15(18-2)14(9-12)11-17-7-5-13(10-16)6-8-17/h3-4,9,13H,5-8,10-11H2,1-2H3. The number of ether oxygens (including phenoxy) is 1. The molecule has 0 aromatic heterocycles. The van der Waals surface area contributed by atoms with Crippen molar-refractivity contribution in [3.8, 4) is 5.75 Å². The van der Waals surface area contributed by atoms with Gasteiger partial charge in [-0.05, 0) is 44.8 Å². The van der Waals surface area contributed by atoms with Crippen molar-refractivity contribution in [2.24, 2.45) is 5.92 Å². The third-order valence-electron chi connectivity index (χ3n) is 3.76. The van der Waals surface area contributed by atoms with Crippen molar-refractivity contribution in [3.63, 3.8) is 0 Å². The van der Waals surface area contributed by atoms with Crippen molar-refractivity contribution >= 4 is 15.9 Å². The largest absolute Gasteiger partial charge is 0.496 e. The van der Waals surface area contributed by atoms with Crippen LogP contribution < -0.4 is 4.74 Å². The van der Waals surface area contributed by atoms with Gasteiger partial charge in [0.15, 0.2) is 0 Å². The molecule has 0 amide bonds. The van der Waals surface area contributed by atoms with Crippen LogP contribution in [-0.4, -0.2) is 30.4 Å². The molecule has 1 saturated heterocycles. The van der Waals surface area contributed by atoms with Crippen LogP contribution in [0.25, 0.3) is 0 Å². The Bertz CT molecular complexity index is 386. The van der Waals surface area contributed by atoms with E-state index in [-0.39, 0.29) is 0 Å². The number of methoxy groups -OCH3 is 1. The highest BCUT2D eigenvalue weighted by molar-refractivity contribution is 9.09. The number of hydrogen-bond donors (Lipinski definition) is 0. The van der Waals surface area contributed by atoms with Crippen LogP contribution in [0.15, 0.2) is 18.2 Å². The Hall–Kier alpha value is -0.540. The number of halogens is 1. The molecule has 100 valence electrons. The summed E-state index contributed by atoms with van der Waals surface area (Å²) in [7, 11) is 1.76. The summed E-state index contributed by atoms with van der Waals surface area (Å²) in [6.07, 6.45) is 2.61. The first kappa shape index (κ1) is 13.9. The zero-order valence-corrected chi connectivity index (χ0v) is 12.9. The van der Waals surface area contributed by atoms with Gasteiger partial charge in [0.1, 0.15) is 5.75 Å². The van der Waals surface area contributed by atoms with Crippen molar-refractivity contribution < 1.29 is 4.74 Å². The van der Waals surface area contributed by atoms with Crippen molar-refractivity contribution in [3.05, 3.63) is 29.3 Å². The molecule has 1 fully saturated rings. The number of likely N-dealkylation sites (tertiary alicyclic amines) is 1. The zero-order valence-electron chi connectivity index (χ0n) is 11.3. The quantitative estimate of drug-likeness (QED) is 0.788. The van der Waals surface area contributed by atoms with Crippen molar-refractivity contribution in [1.29, 1.82) is 0 Å². The fraction of sp³-hybridized carbons (Fsp3) is 0.600. The first-order chi connectivity index (χ1) is 8.72. The molecule has 0 aliphatic carbocycles. The Labute approximate surface area is 118 Å². The first-order valence-corrected chi connectivity index (χ1v) is 7.77. The van der Waals surface area contributed by atoms with E-state index in [4.69, 9.17) is 4.74 Å². The maximum atomic E-state index is 5.45.